The number of sulfonamides is 1. The third kappa shape index (κ3) is 5.90. The third-order valence-electron chi connectivity index (χ3n) is 4.59. The maximum atomic E-state index is 12.4. The normalized spacial score (nSPS) is 14.9. The number of rotatable bonds is 7. The Bertz CT molecular complexity index is 952. The van der Waals surface area contributed by atoms with E-state index in [0.717, 1.165) is 17.4 Å². The zero-order valence-electron chi connectivity index (χ0n) is 15.6. The second-order valence-electron chi connectivity index (χ2n) is 6.59. The van der Waals surface area contributed by atoms with Gasteiger partial charge < -0.3 is 4.90 Å². The summed E-state index contributed by atoms with van der Waals surface area (Å²) in [5.41, 5.74) is 3.24. The molecular weight excluding hydrogens is 372 g/mol. The predicted molar refractivity (Wildman–Crippen MR) is 113 cm³/mol. The van der Waals surface area contributed by atoms with Crippen molar-refractivity contribution in [3.8, 4) is 0 Å². The average Bonchev–Trinajstić information content (AvgIpc) is 2.74. The van der Waals surface area contributed by atoms with Crippen LogP contribution in [0.15, 0.2) is 72.1 Å². The van der Waals surface area contributed by atoms with E-state index in [1.54, 1.807) is 4.90 Å². The van der Waals surface area contributed by atoms with Crippen molar-refractivity contribution in [2.45, 2.75) is 12.8 Å². The van der Waals surface area contributed by atoms with Crippen LogP contribution >= 0.6 is 0 Å². The van der Waals surface area contributed by atoms with Crippen LogP contribution in [-0.2, 0) is 14.8 Å². The topological polar surface area (TPSA) is 66.5 Å². The molecule has 0 aromatic heterocycles. The highest BCUT2D eigenvalue weighted by atomic mass is 32.2. The highest BCUT2D eigenvalue weighted by Crippen LogP contribution is 2.22. The van der Waals surface area contributed by atoms with Gasteiger partial charge in [-0.1, -0.05) is 66.7 Å². The van der Waals surface area contributed by atoms with Gasteiger partial charge in [-0.25, -0.2) is 13.1 Å². The van der Waals surface area contributed by atoms with Gasteiger partial charge in [-0.3, -0.25) is 4.79 Å². The number of amides is 1. The van der Waals surface area contributed by atoms with Crippen LogP contribution in [0.3, 0.4) is 0 Å². The lowest BCUT2D eigenvalue weighted by Gasteiger charge is -2.26. The van der Waals surface area contributed by atoms with Gasteiger partial charge >= 0.3 is 0 Å². The summed E-state index contributed by atoms with van der Waals surface area (Å²) in [6.45, 7) is 1.30. The molecule has 1 N–H and O–H groups in total. The molecule has 0 fully saturated rings. The van der Waals surface area contributed by atoms with Crippen LogP contribution in [0.5, 0.6) is 0 Å². The van der Waals surface area contributed by atoms with Crippen LogP contribution in [0.2, 0.25) is 0 Å². The van der Waals surface area contributed by atoms with Crippen molar-refractivity contribution in [1.82, 2.24) is 9.62 Å². The smallest absolute Gasteiger partial charge is 0.233 e. The number of carbonyl (C=O) groups is 1. The number of hydrogen-bond donors (Lipinski definition) is 1. The van der Waals surface area contributed by atoms with Gasteiger partial charge in [0.15, 0.2) is 0 Å². The molecule has 0 bridgehead atoms. The molecule has 1 aliphatic heterocycles. The van der Waals surface area contributed by atoms with Crippen molar-refractivity contribution >= 4 is 27.6 Å². The summed E-state index contributed by atoms with van der Waals surface area (Å²) in [5.74, 6) is -0.0434. The molecule has 0 radical (unpaired) electrons. The van der Waals surface area contributed by atoms with Crippen molar-refractivity contribution in [3.63, 3.8) is 0 Å². The van der Waals surface area contributed by atoms with E-state index >= 15 is 0 Å². The first-order valence-electron chi connectivity index (χ1n) is 9.28. The molecule has 0 spiro atoms. The number of hydrogen-bond acceptors (Lipinski definition) is 3. The summed E-state index contributed by atoms with van der Waals surface area (Å²) in [7, 11) is -3.56. The second kappa shape index (κ2) is 9.48. The first kappa shape index (κ1) is 20.0. The van der Waals surface area contributed by atoms with E-state index in [-0.39, 0.29) is 18.9 Å². The minimum Gasteiger partial charge on any atom is -0.339 e. The molecule has 3 rings (SSSR count). The van der Waals surface area contributed by atoms with Gasteiger partial charge in [0.2, 0.25) is 15.9 Å². The van der Waals surface area contributed by atoms with Gasteiger partial charge in [-0.15, -0.1) is 0 Å². The van der Waals surface area contributed by atoms with Gasteiger partial charge in [0.25, 0.3) is 0 Å². The SMILES string of the molecule is O=C(CCNS(=O)(=O)/C=C/c1ccccc1)N1CC=C(c2ccccc2)CC1. The summed E-state index contributed by atoms with van der Waals surface area (Å²) >= 11 is 0. The molecule has 0 unspecified atom stereocenters. The minimum absolute atomic E-state index is 0.0434. The lowest BCUT2D eigenvalue weighted by Crippen LogP contribution is -2.36. The highest BCUT2D eigenvalue weighted by molar-refractivity contribution is 7.92. The molecule has 5 nitrogen and oxygen atoms in total. The fourth-order valence-electron chi connectivity index (χ4n) is 3.05. The lowest BCUT2D eigenvalue weighted by atomic mass is 9.99. The van der Waals surface area contributed by atoms with Gasteiger partial charge in [0.1, 0.15) is 0 Å². The summed E-state index contributed by atoms with van der Waals surface area (Å²) < 4.78 is 26.5. The highest BCUT2D eigenvalue weighted by Gasteiger charge is 2.18. The maximum absolute atomic E-state index is 12.4. The molecular formula is C22H24N2O3S. The monoisotopic (exact) mass is 396 g/mol. The zero-order chi connectivity index (χ0) is 19.8. The van der Waals surface area contributed by atoms with Crippen molar-refractivity contribution in [1.29, 1.82) is 0 Å². The molecule has 1 aliphatic rings. The molecule has 1 heterocycles. The summed E-state index contributed by atoms with van der Waals surface area (Å²) in [6, 6.07) is 19.3. The molecule has 2 aromatic rings. The fourth-order valence-corrected chi connectivity index (χ4v) is 3.87. The van der Waals surface area contributed by atoms with E-state index in [1.807, 2.05) is 48.5 Å². The molecule has 146 valence electrons. The van der Waals surface area contributed by atoms with Gasteiger partial charge in [-0.05, 0) is 29.2 Å². The third-order valence-corrected chi connectivity index (χ3v) is 5.69. The van der Waals surface area contributed by atoms with E-state index < -0.39 is 10.0 Å². The van der Waals surface area contributed by atoms with Crippen LogP contribution < -0.4 is 4.72 Å². The molecule has 0 atom stereocenters. The molecule has 2 aromatic carbocycles. The van der Waals surface area contributed by atoms with Crippen molar-refractivity contribution in [3.05, 3.63) is 83.3 Å². The molecule has 28 heavy (non-hydrogen) atoms. The van der Waals surface area contributed by atoms with Crippen LogP contribution in [0.1, 0.15) is 24.0 Å². The number of nitrogens with zero attached hydrogens (tertiary/aromatic N) is 1. The maximum Gasteiger partial charge on any atom is 0.233 e. The second-order valence-corrected chi connectivity index (χ2v) is 8.24. The van der Waals surface area contributed by atoms with E-state index in [1.165, 1.54) is 17.2 Å². The first-order chi connectivity index (χ1) is 13.5. The Balaban J connectivity index is 1.46. The Morgan fingerprint density at radius 2 is 1.71 bits per heavy atom. The Morgan fingerprint density at radius 3 is 2.36 bits per heavy atom. The van der Waals surface area contributed by atoms with Crippen molar-refractivity contribution in [2.24, 2.45) is 0 Å². The molecule has 0 saturated carbocycles. The minimum atomic E-state index is -3.56. The number of carbonyl (C=O) groups excluding carboxylic acids is 1. The van der Waals surface area contributed by atoms with E-state index in [2.05, 4.69) is 22.9 Å². The Labute approximate surface area is 166 Å². The van der Waals surface area contributed by atoms with Crippen LogP contribution in [0.25, 0.3) is 11.6 Å². The standard InChI is InChI=1S/C22H24N2O3S/c25-22(24-16-12-21(13-17-24)20-9-5-2-6-10-20)11-15-23-28(26,27)18-14-19-7-3-1-4-8-19/h1-10,12,14,18,23H,11,13,15-17H2/b18-14+. The lowest BCUT2D eigenvalue weighted by molar-refractivity contribution is -0.130. The van der Waals surface area contributed by atoms with Crippen LogP contribution in [0, 0.1) is 0 Å². The number of nitrogens with one attached hydrogen (secondary N) is 1. The van der Waals surface area contributed by atoms with Gasteiger partial charge in [-0.2, -0.15) is 0 Å². The van der Waals surface area contributed by atoms with E-state index in [4.69, 9.17) is 0 Å². The summed E-state index contributed by atoms with van der Waals surface area (Å²) in [5, 5.41) is 1.13. The van der Waals surface area contributed by atoms with Crippen LogP contribution in [-0.4, -0.2) is 38.9 Å². The fraction of sp³-hybridized carbons (Fsp3) is 0.227. The Kier molecular flexibility index (Phi) is 6.79. The molecule has 0 aliphatic carbocycles. The van der Waals surface area contributed by atoms with Gasteiger partial charge in [0, 0.05) is 31.5 Å². The van der Waals surface area contributed by atoms with Crippen molar-refractivity contribution in [2.75, 3.05) is 19.6 Å². The average molecular weight is 397 g/mol. The quantitative estimate of drug-likeness (QED) is 0.781. The van der Waals surface area contributed by atoms with E-state index in [9.17, 15) is 13.2 Å². The van der Waals surface area contributed by atoms with Gasteiger partial charge in [0.05, 0.1) is 0 Å². The summed E-state index contributed by atoms with van der Waals surface area (Å²) in [6.07, 6.45) is 4.56. The molecule has 0 saturated heterocycles. The largest absolute Gasteiger partial charge is 0.339 e. The molecule has 6 heteroatoms. The number of benzene rings is 2. The Morgan fingerprint density at radius 1 is 1.04 bits per heavy atom. The first-order valence-corrected chi connectivity index (χ1v) is 10.8. The Hall–Kier alpha value is -2.70. The summed E-state index contributed by atoms with van der Waals surface area (Å²) in [4.78, 5) is 14.1. The molecule has 1 amide bonds. The van der Waals surface area contributed by atoms with Crippen molar-refractivity contribution < 1.29 is 13.2 Å². The predicted octanol–water partition coefficient (Wildman–Crippen LogP) is 3.28. The van der Waals surface area contributed by atoms with E-state index in [0.29, 0.717) is 13.1 Å². The zero-order valence-corrected chi connectivity index (χ0v) is 16.4. The van der Waals surface area contributed by atoms with Crippen LogP contribution in [0.4, 0.5) is 0 Å².